The van der Waals surface area contributed by atoms with Crippen LogP contribution in [0.1, 0.15) is 0 Å². The summed E-state index contributed by atoms with van der Waals surface area (Å²) < 4.78 is 14.0. The molecule has 0 aliphatic carbocycles. The van der Waals surface area contributed by atoms with Crippen LogP contribution >= 0.6 is 11.3 Å². The van der Waals surface area contributed by atoms with E-state index in [0.29, 0.717) is 17.2 Å². The topological polar surface area (TPSA) is 74.6 Å². The Labute approximate surface area is 681 Å². The first-order valence-corrected chi connectivity index (χ1v) is 40.9. The molecule has 25 aromatic rings. The summed E-state index contributed by atoms with van der Waals surface area (Å²) in [7, 11) is 0. The minimum absolute atomic E-state index is 0.635. The number of hydrogen-bond donors (Lipinski definition) is 0. The van der Waals surface area contributed by atoms with Crippen molar-refractivity contribution in [2.75, 3.05) is 0 Å². The van der Waals surface area contributed by atoms with Crippen LogP contribution in [0.15, 0.2) is 405 Å². The molecule has 19 aromatic carbocycles. The van der Waals surface area contributed by atoms with Gasteiger partial charge in [0.05, 0.1) is 43.7 Å². The fraction of sp³-hybridized carbons (Fsp3) is 0. The van der Waals surface area contributed by atoms with Gasteiger partial charge in [-0.15, -0.1) is 11.3 Å². The molecule has 0 saturated carbocycles. The third kappa shape index (κ3) is 11.1. The highest BCUT2D eigenvalue weighted by atomic mass is 32.1. The highest BCUT2D eigenvalue weighted by Gasteiger charge is 2.26. The zero-order valence-corrected chi connectivity index (χ0v) is 64.4. The summed E-state index contributed by atoms with van der Waals surface area (Å²) in [4.78, 5) is 21.7. The van der Waals surface area contributed by atoms with Crippen LogP contribution in [0.2, 0.25) is 0 Å². The van der Waals surface area contributed by atoms with E-state index in [9.17, 15) is 0 Å². The Morgan fingerprint density at radius 2 is 0.703 bits per heavy atom. The van der Waals surface area contributed by atoms with Gasteiger partial charge in [0.2, 0.25) is 0 Å². The number of nitrogens with zero attached hydrogens (tertiary/aromatic N) is 6. The van der Waals surface area contributed by atoms with Crippen molar-refractivity contribution in [1.29, 1.82) is 0 Å². The van der Waals surface area contributed by atoms with E-state index >= 15 is 0 Å². The molecular weight excluding hydrogens is 1450 g/mol. The molecule has 6 aromatic heterocycles. The molecule has 118 heavy (non-hydrogen) atoms. The van der Waals surface area contributed by atoms with Gasteiger partial charge in [-0.3, -0.25) is 0 Å². The van der Waals surface area contributed by atoms with Crippen molar-refractivity contribution in [2.45, 2.75) is 0 Å². The summed E-state index contributed by atoms with van der Waals surface area (Å²) in [6.45, 7) is 0. The average molecular weight is 1520 g/mol. The summed E-state index contributed by atoms with van der Waals surface area (Å²) in [5.74, 6) is 1.35. The lowest BCUT2D eigenvalue weighted by atomic mass is 9.93. The van der Waals surface area contributed by atoms with Crippen LogP contribution in [0.5, 0.6) is 0 Å². The van der Waals surface area contributed by atoms with Gasteiger partial charge in [-0.05, 0) is 190 Å². The molecule has 0 radical (unpaired) electrons. The molecule has 6 heterocycles. The number of benzene rings is 19. The van der Waals surface area contributed by atoms with E-state index in [1.807, 2.05) is 6.07 Å². The quantitative estimate of drug-likeness (QED) is 0.144. The van der Waals surface area contributed by atoms with Gasteiger partial charge in [0, 0.05) is 70.3 Å². The molecule has 0 aliphatic rings. The second-order valence-electron chi connectivity index (χ2n) is 30.8. The zero-order valence-electron chi connectivity index (χ0n) is 63.6. The van der Waals surface area contributed by atoms with Crippen LogP contribution in [0, 0.1) is 0 Å². The Morgan fingerprint density at radius 1 is 0.237 bits per heavy atom. The molecule has 7 nitrogen and oxygen atoms in total. The smallest absolute Gasteiger partial charge is 0.180 e. The summed E-state index contributed by atoms with van der Waals surface area (Å²) in [5, 5.41) is 21.6. The lowest BCUT2D eigenvalue weighted by Crippen LogP contribution is -1.99. The first-order valence-electron chi connectivity index (χ1n) is 40.0. The first-order chi connectivity index (χ1) is 58.4. The van der Waals surface area contributed by atoms with Gasteiger partial charge < -0.3 is 13.6 Å². The number of rotatable bonds is 9. The van der Waals surface area contributed by atoms with E-state index in [0.717, 1.165) is 121 Å². The highest BCUT2D eigenvalue weighted by molar-refractivity contribution is 7.26. The summed E-state index contributed by atoms with van der Waals surface area (Å²) in [6, 6.07) is 144. The monoisotopic (exact) mass is 1520 g/mol. The van der Waals surface area contributed by atoms with E-state index in [1.54, 1.807) is 11.3 Å². The van der Waals surface area contributed by atoms with Crippen molar-refractivity contribution >= 4 is 162 Å². The second kappa shape index (κ2) is 27.1. The van der Waals surface area contributed by atoms with Gasteiger partial charge in [-0.2, -0.15) is 0 Å². The van der Waals surface area contributed by atoms with Gasteiger partial charge in [-0.25, -0.2) is 19.9 Å². The number of aromatic nitrogens is 6. The molecule has 0 fully saturated rings. The van der Waals surface area contributed by atoms with Crippen LogP contribution in [-0.4, -0.2) is 29.1 Å². The Morgan fingerprint density at radius 3 is 1.35 bits per heavy atom. The normalized spacial score (nSPS) is 11.9. The number of thiophene rings is 1. The zero-order chi connectivity index (χ0) is 77.5. The maximum absolute atomic E-state index is 6.87. The van der Waals surface area contributed by atoms with Crippen molar-refractivity contribution in [2.24, 2.45) is 0 Å². The van der Waals surface area contributed by atoms with E-state index in [2.05, 4.69) is 403 Å². The van der Waals surface area contributed by atoms with Crippen LogP contribution in [0.4, 0.5) is 0 Å². The Bertz CT molecular complexity index is 8340. The van der Waals surface area contributed by atoms with Crippen molar-refractivity contribution in [3.63, 3.8) is 0 Å². The van der Waals surface area contributed by atoms with Crippen molar-refractivity contribution in [3.8, 4) is 90.0 Å². The van der Waals surface area contributed by atoms with E-state index < -0.39 is 0 Å². The predicted octanol–water partition coefficient (Wildman–Crippen LogP) is 30.0. The molecule has 0 bridgehead atoms. The second-order valence-corrected chi connectivity index (χ2v) is 31.8. The molecule has 0 saturated heterocycles. The molecule has 548 valence electrons. The van der Waals surface area contributed by atoms with Gasteiger partial charge in [-0.1, -0.05) is 303 Å². The maximum Gasteiger partial charge on any atom is 0.180 e. The molecule has 0 spiro atoms. The standard InChI is InChI=1S/C58H35N3O.C52H31N3S/c1-4-16-36(17-5-1)46-34-50-54(35-47(46)37-18-6-2-7-19-37)62-57-55(38-20-8-3-9-21-38)59-58(60-56(50)57)44-28-43-26-14-15-27-45(43)51(33-44)61-52-31-41-24-12-10-22-39(41)29-48(52)49-30-40-23-11-13-25-42(40)32-53(49)61;1-2-13-34(14-3-1)49-51-50(44-30-39(24-26-47(44)56-51)38-22-21-32-11-4-5-15-35(32)27-38)54-52(53-49)40-18-10-19-41(28-40)55-45-25-23-33-12-8-9-20-42(33)48(45)43-29-36-16-6-7-17-37(36)31-46(43)55/h1-35H;1-31H. The lowest BCUT2D eigenvalue weighted by Gasteiger charge is -2.15. The van der Waals surface area contributed by atoms with Crippen molar-refractivity contribution in [3.05, 3.63) is 400 Å². The van der Waals surface area contributed by atoms with Gasteiger partial charge >= 0.3 is 0 Å². The SMILES string of the molecule is c1ccc(-c2cc3oc4c(-c5ccccc5)nc(-c5cc(-n6c7cc8ccccc8cc7c7cc8ccccc8cc76)c6ccccc6c5)nc4c3cc2-c2ccccc2)cc1.c1ccc(-c2nc(-c3cccc(-n4c5cc6ccccc6cc5c5c6ccccc6ccc54)c3)nc3c2sc2ccc(-c4ccc5ccccc5c4)cc23)cc1. The van der Waals surface area contributed by atoms with E-state index in [4.69, 9.17) is 24.4 Å². The van der Waals surface area contributed by atoms with Crippen LogP contribution in [-0.2, 0) is 0 Å². The van der Waals surface area contributed by atoms with Crippen LogP contribution < -0.4 is 0 Å². The summed E-state index contributed by atoms with van der Waals surface area (Å²) in [5.41, 5.74) is 22.5. The molecule has 0 N–H and O–H groups in total. The van der Waals surface area contributed by atoms with Crippen molar-refractivity contribution in [1.82, 2.24) is 29.1 Å². The van der Waals surface area contributed by atoms with Crippen molar-refractivity contribution < 1.29 is 4.42 Å². The minimum Gasteiger partial charge on any atom is -0.452 e. The van der Waals surface area contributed by atoms with Gasteiger partial charge in [0.1, 0.15) is 16.8 Å². The number of furan rings is 1. The Kier molecular flexibility index (Phi) is 15.4. The van der Waals surface area contributed by atoms with Crippen LogP contribution in [0.25, 0.3) is 241 Å². The van der Waals surface area contributed by atoms with Crippen LogP contribution in [0.3, 0.4) is 0 Å². The molecule has 0 aliphatic heterocycles. The lowest BCUT2D eigenvalue weighted by molar-refractivity contribution is 0.667. The fourth-order valence-electron chi connectivity index (χ4n) is 18.2. The third-order valence-corrected chi connectivity index (χ3v) is 25.0. The maximum atomic E-state index is 6.87. The highest BCUT2D eigenvalue weighted by Crippen LogP contribution is 2.48. The summed E-state index contributed by atoms with van der Waals surface area (Å²) in [6.07, 6.45) is 0. The molecule has 25 rings (SSSR count). The minimum atomic E-state index is 0.635. The van der Waals surface area contributed by atoms with E-state index in [1.165, 1.54) is 102 Å². The molecule has 8 heteroatoms. The third-order valence-electron chi connectivity index (χ3n) is 23.8. The largest absolute Gasteiger partial charge is 0.452 e. The fourth-order valence-corrected chi connectivity index (χ4v) is 19.4. The Balaban J connectivity index is 0.000000135. The van der Waals surface area contributed by atoms with Gasteiger partial charge in [0.25, 0.3) is 0 Å². The molecule has 0 atom stereocenters. The summed E-state index contributed by atoms with van der Waals surface area (Å²) >= 11 is 1.77. The number of fused-ring (bicyclic) bond motifs is 19. The van der Waals surface area contributed by atoms with Gasteiger partial charge in [0.15, 0.2) is 17.2 Å². The first kappa shape index (κ1) is 67.1. The van der Waals surface area contributed by atoms with E-state index in [-0.39, 0.29) is 0 Å². The average Bonchev–Trinajstić information content (AvgIpc) is 1.57. The molecule has 0 amide bonds. The predicted molar refractivity (Wildman–Crippen MR) is 496 cm³/mol. The molecular formula is C110H66N6OS. The Hall–Kier alpha value is -15.5. The molecule has 0 unspecified atom stereocenters. The number of hydrogen-bond acceptors (Lipinski definition) is 6.